The predicted molar refractivity (Wildman–Crippen MR) is 57.5 cm³/mol. The molecule has 0 aromatic carbocycles. The topological polar surface area (TPSA) is 78.4 Å². The maximum absolute atomic E-state index is 11.5. The molecule has 0 saturated carbocycles. The Balaban J connectivity index is 4.58. The molecular weight excluding hydrogens is 196 g/mol. The first-order chi connectivity index (χ1) is 6.70. The third-order valence-corrected chi connectivity index (χ3v) is 2.23. The minimum atomic E-state index is -1.01. The van der Waals surface area contributed by atoms with Crippen LogP contribution in [0.25, 0.3) is 0 Å². The van der Waals surface area contributed by atoms with Crippen LogP contribution in [0.4, 0.5) is 0 Å². The average Bonchev–Trinajstić information content (AvgIpc) is 2.09. The molecule has 0 fully saturated rings. The molecule has 2 unspecified atom stereocenters. The van der Waals surface area contributed by atoms with Crippen LogP contribution in [-0.4, -0.2) is 36.1 Å². The van der Waals surface area contributed by atoms with Gasteiger partial charge in [0.25, 0.3) is 0 Å². The Labute approximate surface area is 90.2 Å². The van der Waals surface area contributed by atoms with Crippen molar-refractivity contribution in [3.05, 3.63) is 0 Å². The van der Waals surface area contributed by atoms with Gasteiger partial charge in [0.1, 0.15) is 6.04 Å². The number of carbonyl (C=O) groups is 2. The summed E-state index contributed by atoms with van der Waals surface area (Å²) in [6.45, 7) is 7.00. The summed E-state index contributed by atoms with van der Waals surface area (Å²) in [7, 11) is 1.65. The first kappa shape index (κ1) is 13.9. The Morgan fingerprint density at radius 2 is 1.73 bits per heavy atom. The Kier molecular flexibility index (Phi) is 4.74. The molecule has 0 aromatic rings. The fourth-order valence-corrected chi connectivity index (χ4v) is 1.05. The Bertz CT molecular complexity index is 246. The van der Waals surface area contributed by atoms with Gasteiger partial charge in [-0.05, 0) is 19.4 Å². The lowest BCUT2D eigenvalue weighted by atomic mass is 9.86. The van der Waals surface area contributed by atoms with Crippen molar-refractivity contribution >= 4 is 11.9 Å². The van der Waals surface area contributed by atoms with Crippen molar-refractivity contribution in [2.24, 2.45) is 5.41 Å². The monoisotopic (exact) mass is 216 g/mol. The zero-order valence-electron chi connectivity index (χ0n) is 9.92. The summed E-state index contributed by atoms with van der Waals surface area (Å²) >= 11 is 0. The highest BCUT2D eigenvalue weighted by Crippen LogP contribution is 2.19. The number of carboxylic acid groups (broad SMARTS) is 1. The number of likely N-dealkylation sites (N-methyl/N-ethyl adjacent to an activating group) is 1. The van der Waals surface area contributed by atoms with Crippen LogP contribution in [0.5, 0.6) is 0 Å². The number of carboxylic acids is 1. The van der Waals surface area contributed by atoms with Crippen LogP contribution in [0.2, 0.25) is 0 Å². The Hall–Kier alpha value is -1.10. The van der Waals surface area contributed by atoms with E-state index in [1.807, 2.05) is 0 Å². The van der Waals surface area contributed by atoms with Crippen molar-refractivity contribution in [1.82, 2.24) is 10.6 Å². The molecule has 5 nitrogen and oxygen atoms in total. The van der Waals surface area contributed by atoms with Crippen molar-refractivity contribution in [3.8, 4) is 0 Å². The molecule has 88 valence electrons. The van der Waals surface area contributed by atoms with E-state index in [1.54, 1.807) is 34.7 Å². The SMILES string of the molecule is CNC(C)C(=O)NC(C(=O)O)C(C)(C)C. The second kappa shape index (κ2) is 5.11. The summed E-state index contributed by atoms with van der Waals surface area (Å²) in [5.41, 5.74) is -0.505. The molecule has 15 heavy (non-hydrogen) atoms. The lowest BCUT2D eigenvalue weighted by Gasteiger charge is -2.28. The zero-order valence-corrected chi connectivity index (χ0v) is 9.92. The predicted octanol–water partition coefficient (Wildman–Crippen LogP) is 0.210. The highest BCUT2D eigenvalue weighted by atomic mass is 16.4. The van der Waals surface area contributed by atoms with Gasteiger partial charge < -0.3 is 15.7 Å². The lowest BCUT2D eigenvalue weighted by molar-refractivity contribution is -0.145. The van der Waals surface area contributed by atoms with E-state index in [0.717, 1.165) is 0 Å². The van der Waals surface area contributed by atoms with Gasteiger partial charge in [-0.2, -0.15) is 0 Å². The van der Waals surface area contributed by atoms with Gasteiger partial charge in [0.05, 0.1) is 6.04 Å². The molecule has 0 rings (SSSR count). The molecule has 0 saturated heterocycles. The summed E-state index contributed by atoms with van der Waals surface area (Å²) in [5, 5.41) is 14.2. The second-order valence-electron chi connectivity index (χ2n) is 4.66. The number of amides is 1. The van der Waals surface area contributed by atoms with E-state index < -0.39 is 23.5 Å². The van der Waals surface area contributed by atoms with Crippen LogP contribution in [0.15, 0.2) is 0 Å². The van der Waals surface area contributed by atoms with E-state index in [9.17, 15) is 9.59 Å². The van der Waals surface area contributed by atoms with Gasteiger partial charge in [0.2, 0.25) is 5.91 Å². The molecule has 0 heterocycles. The number of aliphatic carboxylic acids is 1. The van der Waals surface area contributed by atoms with Crippen LogP contribution in [0, 0.1) is 5.41 Å². The van der Waals surface area contributed by atoms with Crippen LogP contribution in [0.3, 0.4) is 0 Å². The maximum atomic E-state index is 11.5. The van der Waals surface area contributed by atoms with Crippen molar-refractivity contribution in [1.29, 1.82) is 0 Å². The smallest absolute Gasteiger partial charge is 0.326 e. The van der Waals surface area contributed by atoms with Gasteiger partial charge in [0.15, 0.2) is 0 Å². The fourth-order valence-electron chi connectivity index (χ4n) is 1.05. The first-order valence-electron chi connectivity index (χ1n) is 4.90. The maximum Gasteiger partial charge on any atom is 0.326 e. The third kappa shape index (κ3) is 4.29. The zero-order chi connectivity index (χ0) is 12.2. The van der Waals surface area contributed by atoms with Gasteiger partial charge in [0, 0.05) is 0 Å². The van der Waals surface area contributed by atoms with Gasteiger partial charge >= 0.3 is 5.97 Å². The molecule has 5 heteroatoms. The minimum Gasteiger partial charge on any atom is -0.480 e. The third-order valence-electron chi connectivity index (χ3n) is 2.23. The van der Waals surface area contributed by atoms with Crippen molar-refractivity contribution < 1.29 is 14.7 Å². The highest BCUT2D eigenvalue weighted by Gasteiger charge is 2.33. The van der Waals surface area contributed by atoms with E-state index >= 15 is 0 Å². The van der Waals surface area contributed by atoms with E-state index in [0.29, 0.717) is 0 Å². The van der Waals surface area contributed by atoms with Gasteiger partial charge in [-0.1, -0.05) is 20.8 Å². The molecule has 3 N–H and O–H groups in total. The van der Waals surface area contributed by atoms with Gasteiger partial charge in [-0.25, -0.2) is 4.79 Å². The van der Waals surface area contributed by atoms with E-state index in [2.05, 4.69) is 10.6 Å². The first-order valence-corrected chi connectivity index (χ1v) is 4.90. The van der Waals surface area contributed by atoms with Crippen molar-refractivity contribution in [2.45, 2.75) is 39.8 Å². The highest BCUT2D eigenvalue weighted by molar-refractivity contribution is 5.87. The molecule has 0 aliphatic rings. The van der Waals surface area contributed by atoms with E-state index in [-0.39, 0.29) is 5.91 Å². The van der Waals surface area contributed by atoms with Crippen molar-refractivity contribution in [3.63, 3.8) is 0 Å². The van der Waals surface area contributed by atoms with Crippen LogP contribution in [0.1, 0.15) is 27.7 Å². The molecule has 0 bridgehead atoms. The lowest BCUT2D eigenvalue weighted by Crippen LogP contribution is -2.53. The molecule has 0 aliphatic heterocycles. The Morgan fingerprint density at radius 3 is 2.00 bits per heavy atom. The summed E-state index contributed by atoms with van der Waals surface area (Å²) in [4.78, 5) is 22.5. The van der Waals surface area contributed by atoms with Crippen molar-refractivity contribution in [2.75, 3.05) is 7.05 Å². The molecule has 0 spiro atoms. The normalized spacial score (nSPS) is 15.5. The quantitative estimate of drug-likeness (QED) is 0.627. The molecule has 1 amide bonds. The molecule has 2 atom stereocenters. The Morgan fingerprint density at radius 1 is 1.27 bits per heavy atom. The van der Waals surface area contributed by atoms with Crippen LogP contribution in [-0.2, 0) is 9.59 Å². The molecule has 0 radical (unpaired) electrons. The fraction of sp³-hybridized carbons (Fsp3) is 0.800. The molecule has 0 aromatic heterocycles. The number of hydrogen-bond donors (Lipinski definition) is 3. The number of hydrogen-bond acceptors (Lipinski definition) is 3. The average molecular weight is 216 g/mol. The number of rotatable bonds is 4. The van der Waals surface area contributed by atoms with Gasteiger partial charge in [-0.3, -0.25) is 4.79 Å². The van der Waals surface area contributed by atoms with E-state index in [1.165, 1.54) is 0 Å². The van der Waals surface area contributed by atoms with E-state index in [4.69, 9.17) is 5.11 Å². The van der Waals surface area contributed by atoms with Gasteiger partial charge in [-0.15, -0.1) is 0 Å². The summed E-state index contributed by atoms with van der Waals surface area (Å²) in [6, 6.07) is -1.27. The number of nitrogens with one attached hydrogen (secondary N) is 2. The van der Waals surface area contributed by atoms with Crippen LogP contribution >= 0.6 is 0 Å². The minimum absolute atomic E-state index is 0.306. The molecular formula is C10H20N2O3. The molecule has 0 aliphatic carbocycles. The summed E-state index contributed by atoms with van der Waals surface area (Å²) in [6.07, 6.45) is 0. The largest absolute Gasteiger partial charge is 0.480 e. The summed E-state index contributed by atoms with van der Waals surface area (Å²) in [5.74, 6) is -1.32. The second-order valence-corrected chi connectivity index (χ2v) is 4.66. The summed E-state index contributed by atoms with van der Waals surface area (Å²) < 4.78 is 0. The standard InChI is InChI=1S/C10H20N2O3/c1-6(11-5)8(13)12-7(9(14)15)10(2,3)4/h6-7,11H,1-5H3,(H,12,13)(H,14,15). The van der Waals surface area contributed by atoms with Crippen LogP contribution < -0.4 is 10.6 Å². The number of carbonyl (C=O) groups excluding carboxylic acids is 1.